The van der Waals surface area contributed by atoms with E-state index in [4.69, 9.17) is 4.74 Å². The Bertz CT molecular complexity index is 500. The molecule has 0 fully saturated rings. The molecule has 1 aromatic carbocycles. The fourth-order valence-corrected chi connectivity index (χ4v) is 1.45. The van der Waals surface area contributed by atoms with Crippen LogP contribution in [0.5, 0.6) is 0 Å². The maximum atomic E-state index is 12.0. The Morgan fingerprint density at radius 3 is 2.29 bits per heavy atom. The second-order valence-corrected chi connectivity index (χ2v) is 4.16. The minimum atomic E-state index is -4.94. The zero-order valence-corrected chi connectivity index (χ0v) is 11.5. The maximum Gasteiger partial charge on any atom is 0.472 e. The highest BCUT2D eigenvalue weighted by Gasteiger charge is 2.38. The SMILES string of the molecule is CCOC(=O)c1ccc([C@@H](C)NNC(=O)C(F)(F)F)cc1. The number of carbonyl (C=O) groups is 2. The minimum Gasteiger partial charge on any atom is -0.462 e. The van der Waals surface area contributed by atoms with E-state index < -0.39 is 24.1 Å². The van der Waals surface area contributed by atoms with Crippen LogP contribution in [0.25, 0.3) is 0 Å². The Morgan fingerprint density at radius 1 is 1.24 bits per heavy atom. The summed E-state index contributed by atoms with van der Waals surface area (Å²) in [4.78, 5) is 22.1. The molecule has 5 nitrogen and oxygen atoms in total. The van der Waals surface area contributed by atoms with Gasteiger partial charge in [-0.05, 0) is 31.5 Å². The Balaban J connectivity index is 2.61. The summed E-state index contributed by atoms with van der Waals surface area (Å²) in [6, 6.07) is 5.55. The first kappa shape index (κ1) is 17.0. The predicted molar refractivity (Wildman–Crippen MR) is 68.1 cm³/mol. The molecule has 0 aromatic heterocycles. The summed E-state index contributed by atoms with van der Waals surface area (Å²) in [6.45, 7) is 3.50. The van der Waals surface area contributed by atoms with Gasteiger partial charge in [0.15, 0.2) is 0 Å². The molecule has 1 rings (SSSR count). The highest BCUT2D eigenvalue weighted by atomic mass is 19.4. The van der Waals surface area contributed by atoms with Gasteiger partial charge in [0.05, 0.1) is 12.2 Å². The van der Waals surface area contributed by atoms with Gasteiger partial charge in [-0.15, -0.1) is 0 Å². The topological polar surface area (TPSA) is 67.4 Å². The first-order valence-electron chi connectivity index (χ1n) is 6.15. The molecule has 1 aromatic rings. The molecule has 0 aliphatic carbocycles. The zero-order chi connectivity index (χ0) is 16.0. The van der Waals surface area contributed by atoms with E-state index in [9.17, 15) is 22.8 Å². The number of carbonyl (C=O) groups excluding carboxylic acids is 2. The van der Waals surface area contributed by atoms with Gasteiger partial charge in [0, 0.05) is 6.04 Å². The van der Waals surface area contributed by atoms with E-state index >= 15 is 0 Å². The van der Waals surface area contributed by atoms with Gasteiger partial charge in [0.2, 0.25) is 0 Å². The molecule has 0 heterocycles. The van der Waals surface area contributed by atoms with Gasteiger partial charge in [-0.25, -0.2) is 10.2 Å². The molecule has 0 unspecified atom stereocenters. The highest BCUT2D eigenvalue weighted by Crippen LogP contribution is 2.16. The Hall–Kier alpha value is -2.09. The third-order valence-electron chi connectivity index (χ3n) is 2.58. The van der Waals surface area contributed by atoms with Gasteiger partial charge >= 0.3 is 18.1 Å². The van der Waals surface area contributed by atoms with Crippen LogP contribution in [0.1, 0.15) is 35.8 Å². The van der Waals surface area contributed by atoms with Crippen LogP contribution >= 0.6 is 0 Å². The van der Waals surface area contributed by atoms with E-state index in [2.05, 4.69) is 5.43 Å². The summed E-state index contributed by atoms with van der Waals surface area (Å²) in [7, 11) is 0. The summed E-state index contributed by atoms with van der Waals surface area (Å²) in [5, 5.41) is 0. The van der Waals surface area contributed by atoms with Crippen molar-refractivity contribution in [2.24, 2.45) is 0 Å². The molecular weight excluding hydrogens is 289 g/mol. The number of alkyl halides is 3. The first-order valence-corrected chi connectivity index (χ1v) is 6.15. The van der Waals surface area contributed by atoms with Crippen molar-refractivity contribution < 1.29 is 27.5 Å². The molecule has 8 heteroatoms. The lowest BCUT2D eigenvalue weighted by molar-refractivity contribution is -0.174. The van der Waals surface area contributed by atoms with Crippen molar-refractivity contribution >= 4 is 11.9 Å². The minimum absolute atomic E-state index is 0.252. The van der Waals surface area contributed by atoms with Crippen LogP contribution in [0, 0.1) is 0 Å². The maximum absolute atomic E-state index is 12.0. The fourth-order valence-electron chi connectivity index (χ4n) is 1.45. The van der Waals surface area contributed by atoms with Crippen LogP contribution in [0.15, 0.2) is 24.3 Å². The zero-order valence-electron chi connectivity index (χ0n) is 11.5. The summed E-state index contributed by atoms with van der Waals surface area (Å²) >= 11 is 0. The van der Waals surface area contributed by atoms with Crippen molar-refractivity contribution in [1.82, 2.24) is 10.9 Å². The van der Waals surface area contributed by atoms with E-state index in [0.29, 0.717) is 11.1 Å². The predicted octanol–water partition coefficient (Wildman–Crippen LogP) is 2.11. The summed E-state index contributed by atoms with van der Waals surface area (Å²) in [6.07, 6.45) is -4.94. The molecule has 0 bridgehead atoms. The third kappa shape index (κ3) is 5.07. The van der Waals surface area contributed by atoms with Crippen LogP contribution < -0.4 is 10.9 Å². The van der Waals surface area contributed by atoms with Gasteiger partial charge in [0.25, 0.3) is 0 Å². The lowest BCUT2D eigenvalue weighted by atomic mass is 10.1. The van der Waals surface area contributed by atoms with Crippen molar-refractivity contribution in [1.29, 1.82) is 0 Å². The second-order valence-electron chi connectivity index (χ2n) is 4.16. The number of hydrogen-bond donors (Lipinski definition) is 2. The fraction of sp³-hybridized carbons (Fsp3) is 0.385. The van der Waals surface area contributed by atoms with Gasteiger partial charge < -0.3 is 4.74 Å². The normalized spacial score (nSPS) is 12.6. The smallest absolute Gasteiger partial charge is 0.462 e. The molecule has 21 heavy (non-hydrogen) atoms. The van der Waals surface area contributed by atoms with Crippen LogP contribution in [0.4, 0.5) is 13.2 Å². The van der Waals surface area contributed by atoms with Crippen molar-refractivity contribution in [3.05, 3.63) is 35.4 Å². The molecule has 0 saturated heterocycles. The standard InChI is InChI=1S/C13H15F3N2O3/c1-3-21-11(19)10-6-4-9(5-7-10)8(2)17-18-12(20)13(14,15)16/h4-8,17H,3H2,1-2H3,(H,18,20)/t8-/m1/s1. The van der Waals surface area contributed by atoms with Crippen LogP contribution in [-0.2, 0) is 9.53 Å². The lowest BCUT2D eigenvalue weighted by Crippen LogP contribution is -2.46. The van der Waals surface area contributed by atoms with E-state index in [-0.39, 0.29) is 6.61 Å². The number of rotatable bonds is 5. The average Bonchev–Trinajstić information content (AvgIpc) is 2.43. The van der Waals surface area contributed by atoms with Crippen LogP contribution in [0.3, 0.4) is 0 Å². The number of halogens is 3. The van der Waals surface area contributed by atoms with Crippen molar-refractivity contribution in [2.45, 2.75) is 26.1 Å². The summed E-state index contributed by atoms with van der Waals surface area (Å²) in [5.74, 6) is -2.55. The Kier molecular flexibility index (Phi) is 5.71. The van der Waals surface area contributed by atoms with E-state index in [1.165, 1.54) is 12.1 Å². The first-order chi connectivity index (χ1) is 9.75. The monoisotopic (exact) mass is 304 g/mol. The number of amides is 1. The van der Waals surface area contributed by atoms with E-state index in [1.807, 2.05) is 0 Å². The van der Waals surface area contributed by atoms with Crippen molar-refractivity contribution in [3.63, 3.8) is 0 Å². The number of benzene rings is 1. The molecule has 0 spiro atoms. The van der Waals surface area contributed by atoms with Gasteiger partial charge in [-0.2, -0.15) is 13.2 Å². The van der Waals surface area contributed by atoms with Crippen LogP contribution in [0.2, 0.25) is 0 Å². The Labute approximate surface area is 119 Å². The molecular formula is C13H15F3N2O3. The van der Waals surface area contributed by atoms with Crippen LogP contribution in [-0.4, -0.2) is 24.7 Å². The lowest BCUT2D eigenvalue weighted by Gasteiger charge is -2.16. The number of hydrazine groups is 1. The Morgan fingerprint density at radius 2 is 1.81 bits per heavy atom. The van der Waals surface area contributed by atoms with Gasteiger partial charge in [-0.3, -0.25) is 10.2 Å². The number of nitrogens with one attached hydrogen (secondary N) is 2. The summed E-state index contributed by atoms with van der Waals surface area (Å²) in [5.41, 5.74) is 4.76. The quantitative estimate of drug-likeness (QED) is 0.646. The molecule has 0 radical (unpaired) electrons. The molecule has 116 valence electrons. The molecule has 2 N–H and O–H groups in total. The van der Waals surface area contributed by atoms with Crippen molar-refractivity contribution in [3.8, 4) is 0 Å². The van der Waals surface area contributed by atoms with Crippen molar-refractivity contribution in [2.75, 3.05) is 6.61 Å². The third-order valence-corrected chi connectivity index (χ3v) is 2.58. The molecule has 1 amide bonds. The molecule has 1 atom stereocenters. The van der Waals surface area contributed by atoms with Gasteiger partial charge in [0.1, 0.15) is 0 Å². The number of hydrogen-bond acceptors (Lipinski definition) is 4. The van der Waals surface area contributed by atoms with E-state index in [0.717, 1.165) is 0 Å². The second kappa shape index (κ2) is 7.07. The largest absolute Gasteiger partial charge is 0.472 e. The number of ether oxygens (including phenoxy) is 1. The average molecular weight is 304 g/mol. The molecule has 0 aliphatic heterocycles. The summed E-state index contributed by atoms with van der Waals surface area (Å²) < 4.78 is 40.8. The number of esters is 1. The van der Waals surface area contributed by atoms with E-state index in [1.54, 1.807) is 31.4 Å². The molecule has 0 saturated carbocycles. The highest BCUT2D eigenvalue weighted by molar-refractivity contribution is 5.89. The molecule has 0 aliphatic rings. The van der Waals surface area contributed by atoms with Gasteiger partial charge in [-0.1, -0.05) is 12.1 Å².